The lowest BCUT2D eigenvalue weighted by Crippen LogP contribution is -2.37. The highest BCUT2D eigenvalue weighted by Gasteiger charge is 2.38. The average Bonchev–Trinajstić information content (AvgIpc) is 2.93. The van der Waals surface area contributed by atoms with E-state index in [0.29, 0.717) is 12.5 Å². The second kappa shape index (κ2) is 8.84. The van der Waals surface area contributed by atoms with Crippen LogP contribution in [0.4, 0.5) is 4.79 Å². The van der Waals surface area contributed by atoms with Gasteiger partial charge in [-0.15, -0.1) is 18.2 Å². The highest BCUT2D eigenvalue weighted by Crippen LogP contribution is 2.32. The monoisotopic (exact) mass is 321 g/mol. The predicted molar refractivity (Wildman–Crippen MR) is 90.2 cm³/mol. The van der Waals surface area contributed by atoms with E-state index in [1.165, 1.54) is 0 Å². The maximum absolute atomic E-state index is 12.2. The van der Waals surface area contributed by atoms with E-state index in [1.54, 1.807) is 0 Å². The van der Waals surface area contributed by atoms with Gasteiger partial charge in [0.25, 0.3) is 0 Å². The number of carbonyl (C=O) groups excluding carboxylic acids is 1. The Balaban J connectivity index is 2.08. The number of hydrogen-bond acceptors (Lipinski definition) is 2. The van der Waals surface area contributed by atoms with Crippen LogP contribution in [0, 0.1) is 0 Å². The van der Waals surface area contributed by atoms with Gasteiger partial charge >= 0.3 is 6.09 Å². The molecule has 0 saturated carbocycles. The SMILES string of the molecule is C=CC[C@H](CCCCCCl)N1C(=O)OC[C@H]1c1ccccc1. The third kappa shape index (κ3) is 4.26. The Kier molecular flexibility index (Phi) is 6.78. The molecule has 0 radical (unpaired) electrons. The number of nitrogens with zero attached hydrogens (tertiary/aromatic N) is 1. The Morgan fingerprint density at radius 1 is 1.32 bits per heavy atom. The van der Waals surface area contributed by atoms with Crippen molar-refractivity contribution >= 4 is 17.7 Å². The molecule has 1 fully saturated rings. The minimum absolute atomic E-state index is 0.00618. The molecule has 2 rings (SSSR count). The number of alkyl halides is 1. The van der Waals surface area contributed by atoms with Crippen molar-refractivity contribution < 1.29 is 9.53 Å². The lowest BCUT2D eigenvalue weighted by molar-refractivity contribution is 0.141. The van der Waals surface area contributed by atoms with Crippen LogP contribution in [-0.2, 0) is 4.74 Å². The number of benzene rings is 1. The van der Waals surface area contributed by atoms with E-state index in [-0.39, 0.29) is 18.2 Å². The van der Waals surface area contributed by atoms with Crippen LogP contribution in [0.25, 0.3) is 0 Å². The Morgan fingerprint density at radius 2 is 2.09 bits per heavy atom. The lowest BCUT2D eigenvalue weighted by atomic mass is 10.00. The maximum Gasteiger partial charge on any atom is 0.410 e. The molecule has 1 heterocycles. The summed E-state index contributed by atoms with van der Waals surface area (Å²) in [5, 5.41) is 0. The standard InChI is InChI=1S/C18H24ClNO2/c1-2-9-16(12-7-4-8-13-19)20-17(14-22-18(20)21)15-10-5-3-6-11-15/h2-3,5-6,10-11,16-17H,1,4,7-9,12-14H2/t16-,17+/m1/s1. The summed E-state index contributed by atoms with van der Waals surface area (Å²) in [6, 6.07) is 10.2. The number of cyclic esters (lactones) is 1. The first kappa shape index (κ1) is 16.9. The van der Waals surface area contributed by atoms with Gasteiger partial charge in [-0.2, -0.15) is 0 Å². The van der Waals surface area contributed by atoms with Crippen molar-refractivity contribution in [2.75, 3.05) is 12.5 Å². The molecule has 1 aromatic carbocycles. The number of rotatable bonds is 9. The number of carbonyl (C=O) groups is 1. The minimum atomic E-state index is -0.210. The molecule has 120 valence electrons. The molecule has 1 aromatic rings. The number of ether oxygens (including phenoxy) is 1. The normalized spacial score (nSPS) is 19.0. The van der Waals surface area contributed by atoms with Crippen molar-refractivity contribution in [3.63, 3.8) is 0 Å². The fourth-order valence-electron chi connectivity index (χ4n) is 2.98. The third-order valence-corrected chi connectivity index (χ3v) is 4.37. The van der Waals surface area contributed by atoms with Gasteiger partial charge in [0.05, 0.1) is 6.04 Å². The van der Waals surface area contributed by atoms with Gasteiger partial charge in [0.1, 0.15) is 6.61 Å². The summed E-state index contributed by atoms with van der Waals surface area (Å²) in [7, 11) is 0. The van der Waals surface area contributed by atoms with Crippen molar-refractivity contribution in [1.82, 2.24) is 4.90 Å². The summed E-state index contributed by atoms with van der Waals surface area (Å²) in [4.78, 5) is 14.1. The van der Waals surface area contributed by atoms with E-state index >= 15 is 0 Å². The zero-order chi connectivity index (χ0) is 15.8. The highest BCUT2D eigenvalue weighted by molar-refractivity contribution is 6.17. The number of halogens is 1. The van der Waals surface area contributed by atoms with Gasteiger partial charge in [-0.25, -0.2) is 4.79 Å². The highest BCUT2D eigenvalue weighted by atomic mass is 35.5. The first-order valence-electron chi connectivity index (χ1n) is 7.94. The molecular formula is C18H24ClNO2. The molecule has 3 nitrogen and oxygen atoms in total. The lowest BCUT2D eigenvalue weighted by Gasteiger charge is -2.30. The summed E-state index contributed by atoms with van der Waals surface area (Å²) in [5.41, 5.74) is 1.13. The van der Waals surface area contributed by atoms with Crippen molar-refractivity contribution in [2.24, 2.45) is 0 Å². The third-order valence-electron chi connectivity index (χ3n) is 4.10. The van der Waals surface area contributed by atoms with Crippen molar-refractivity contribution in [1.29, 1.82) is 0 Å². The van der Waals surface area contributed by atoms with Crippen LogP contribution < -0.4 is 0 Å². The Bertz CT molecular complexity index is 477. The first-order valence-corrected chi connectivity index (χ1v) is 8.48. The van der Waals surface area contributed by atoms with Crippen LogP contribution in [0.2, 0.25) is 0 Å². The topological polar surface area (TPSA) is 29.5 Å². The van der Waals surface area contributed by atoms with E-state index < -0.39 is 0 Å². The van der Waals surface area contributed by atoms with Gasteiger partial charge in [-0.1, -0.05) is 49.2 Å². The molecule has 0 aromatic heterocycles. The van der Waals surface area contributed by atoms with Gasteiger partial charge in [-0.05, 0) is 24.8 Å². The molecule has 1 aliphatic rings. The van der Waals surface area contributed by atoms with E-state index in [0.717, 1.165) is 37.7 Å². The zero-order valence-corrected chi connectivity index (χ0v) is 13.7. The average molecular weight is 322 g/mol. The van der Waals surface area contributed by atoms with E-state index in [9.17, 15) is 4.79 Å². The Morgan fingerprint density at radius 3 is 2.77 bits per heavy atom. The predicted octanol–water partition coefficient (Wildman–Crippen LogP) is 4.92. The van der Waals surface area contributed by atoms with Crippen LogP contribution in [0.3, 0.4) is 0 Å². The molecule has 22 heavy (non-hydrogen) atoms. The Labute approximate surface area is 137 Å². The second-order valence-electron chi connectivity index (χ2n) is 5.63. The molecule has 0 N–H and O–H groups in total. The fourth-order valence-corrected chi connectivity index (χ4v) is 3.17. The maximum atomic E-state index is 12.2. The van der Waals surface area contributed by atoms with E-state index in [1.807, 2.05) is 29.2 Å². The van der Waals surface area contributed by atoms with Crippen molar-refractivity contribution in [3.8, 4) is 0 Å². The fraction of sp³-hybridized carbons (Fsp3) is 0.500. The number of hydrogen-bond donors (Lipinski definition) is 0. The number of amides is 1. The van der Waals surface area contributed by atoms with E-state index in [4.69, 9.17) is 16.3 Å². The molecule has 0 unspecified atom stereocenters. The quantitative estimate of drug-likeness (QED) is 0.367. The molecule has 1 saturated heterocycles. The van der Waals surface area contributed by atoms with Gasteiger partial charge in [0.15, 0.2) is 0 Å². The molecule has 2 atom stereocenters. The van der Waals surface area contributed by atoms with Gasteiger partial charge < -0.3 is 4.74 Å². The summed E-state index contributed by atoms with van der Waals surface area (Å²) >= 11 is 5.73. The number of unbranched alkanes of at least 4 members (excludes halogenated alkanes) is 2. The van der Waals surface area contributed by atoms with Crippen LogP contribution in [0.15, 0.2) is 43.0 Å². The Hall–Kier alpha value is -1.48. The summed E-state index contributed by atoms with van der Waals surface area (Å²) in [5.74, 6) is 0.699. The molecule has 0 aliphatic carbocycles. The minimum Gasteiger partial charge on any atom is -0.447 e. The zero-order valence-electron chi connectivity index (χ0n) is 12.9. The molecule has 1 amide bonds. The van der Waals surface area contributed by atoms with Crippen LogP contribution in [0.1, 0.15) is 43.7 Å². The van der Waals surface area contributed by atoms with Crippen LogP contribution in [0.5, 0.6) is 0 Å². The molecule has 0 spiro atoms. The summed E-state index contributed by atoms with van der Waals surface area (Å²) < 4.78 is 5.32. The van der Waals surface area contributed by atoms with Gasteiger partial charge in [0.2, 0.25) is 0 Å². The molecule has 0 bridgehead atoms. The smallest absolute Gasteiger partial charge is 0.410 e. The first-order chi connectivity index (χ1) is 10.8. The van der Waals surface area contributed by atoms with Crippen molar-refractivity contribution in [2.45, 2.75) is 44.2 Å². The largest absolute Gasteiger partial charge is 0.447 e. The van der Waals surface area contributed by atoms with Crippen molar-refractivity contribution in [3.05, 3.63) is 48.6 Å². The summed E-state index contributed by atoms with van der Waals surface area (Å²) in [6.07, 6.45) is 6.61. The van der Waals surface area contributed by atoms with Crippen LogP contribution in [-0.4, -0.2) is 29.5 Å². The summed E-state index contributed by atoms with van der Waals surface area (Å²) in [6.45, 7) is 4.27. The second-order valence-corrected chi connectivity index (χ2v) is 6.01. The van der Waals surface area contributed by atoms with Crippen LogP contribution >= 0.6 is 11.6 Å². The molecule has 4 heteroatoms. The van der Waals surface area contributed by atoms with E-state index in [2.05, 4.69) is 18.7 Å². The van der Waals surface area contributed by atoms with Gasteiger partial charge in [0, 0.05) is 11.9 Å². The molecular weight excluding hydrogens is 298 g/mol. The molecule has 1 aliphatic heterocycles. The van der Waals surface area contributed by atoms with Gasteiger partial charge in [-0.3, -0.25) is 4.90 Å².